The van der Waals surface area contributed by atoms with Crippen molar-refractivity contribution in [3.63, 3.8) is 0 Å². The molecule has 0 saturated carbocycles. The Bertz CT molecular complexity index is 479. The first-order valence-corrected chi connectivity index (χ1v) is 5.79. The van der Waals surface area contributed by atoms with Crippen LogP contribution in [0.1, 0.15) is 30.6 Å². The van der Waals surface area contributed by atoms with E-state index in [0.29, 0.717) is 5.69 Å². The minimum Gasteiger partial charge on any atom is -0.367 e. The van der Waals surface area contributed by atoms with E-state index < -0.39 is 5.82 Å². The minimum absolute atomic E-state index is 0.210. The summed E-state index contributed by atoms with van der Waals surface area (Å²) in [6.07, 6.45) is 3.13. The lowest BCUT2D eigenvalue weighted by Gasteiger charge is -2.29. The van der Waals surface area contributed by atoms with Gasteiger partial charge in [-0.1, -0.05) is 17.7 Å². The molecule has 1 aromatic carbocycles. The van der Waals surface area contributed by atoms with Crippen molar-refractivity contribution in [1.29, 1.82) is 0 Å². The molecular weight excluding hydrogens is 217 g/mol. The average Bonchev–Trinajstić information content (AvgIpc) is 2.28. The Kier molecular flexibility index (Phi) is 3.27. The second-order valence-electron chi connectivity index (χ2n) is 4.45. The van der Waals surface area contributed by atoms with Crippen LogP contribution in [0.2, 0.25) is 0 Å². The van der Waals surface area contributed by atoms with Gasteiger partial charge in [-0.2, -0.15) is 0 Å². The van der Waals surface area contributed by atoms with Gasteiger partial charge in [-0.3, -0.25) is 4.79 Å². The predicted octanol–water partition coefficient (Wildman–Crippen LogP) is 3.18. The van der Waals surface area contributed by atoms with Gasteiger partial charge < -0.3 is 4.90 Å². The van der Waals surface area contributed by atoms with Gasteiger partial charge in [0.25, 0.3) is 0 Å². The van der Waals surface area contributed by atoms with E-state index in [0.717, 1.165) is 19.5 Å². The first kappa shape index (κ1) is 11.8. The van der Waals surface area contributed by atoms with Gasteiger partial charge >= 0.3 is 0 Å². The Morgan fingerprint density at radius 3 is 2.82 bits per heavy atom. The van der Waals surface area contributed by atoms with E-state index in [1.54, 1.807) is 6.07 Å². The lowest BCUT2D eigenvalue weighted by atomic mass is 10.0. The van der Waals surface area contributed by atoms with Gasteiger partial charge in [-0.25, -0.2) is 4.39 Å². The van der Waals surface area contributed by atoms with E-state index in [1.807, 2.05) is 6.07 Å². The summed E-state index contributed by atoms with van der Waals surface area (Å²) in [5, 5.41) is 0. The molecule has 1 heterocycles. The predicted molar refractivity (Wildman–Crippen MR) is 67.0 cm³/mol. The molecule has 1 aliphatic rings. The van der Waals surface area contributed by atoms with Crippen molar-refractivity contribution in [2.45, 2.75) is 20.3 Å². The summed E-state index contributed by atoms with van der Waals surface area (Å²) < 4.78 is 13.7. The van der Waals surface area contributed by atoms with Crippen molar-refractivity contribution in [2.75, 3.05) is 18.0 Å². The number of anilines is 1. The fraction of sp³-hybridized carbons (Fsp3) is 0.357. The molecular formula is C14H16FNO. The molecule has 0 spiro atoms. The molecule has 0 saturated heterocycles. The molecule has 0 atom stereocenters. The van der Waals surface area contributed by atoms with Crippen molar-refractivity contribution < 1.29 is 9.18 Å². The molecule has 0 amide bonds. The number of nitrogens with zero attached hydrogens (tertiary/aromatic N) is 1. The van der Waals surface area contributed by atoms with Crippen LogP contribution < -0.4 is 4.90 Å². The first-order chi connectivity index (χ1) is 8.09. The van der Waals surface area contributed by atoms with Crippen LogP contribution in [0, 0.1) is 5.82 Å². The highest BCUT2D eigenvalue weighted by Crippen LogP contribution is 2.26. The summed E-state index contributed by atoms with van der Waals surface area (Å²) in [6.45, 7) is 5.07. The molecule has 2 rings (SSSR count). The number of hydrogen-bond acceptors (Lipinski definition) is 2. The fourth-order valence-electron chi connectivity index (χ4n) is 2.24. The van der Waals surface area contributed by atoms with E-state index in [1.165, 1.54) is 18.6 Å². The molecule has 1 aromatic rings. The molecule has 0 N–H and O–H groups in total. The Morgan fingerprint density at radius 2 is 2.18 bits per heavy atom. The van der Waals surface area contributed by atoms with Crippen LogP contribution in [0.5, 0.6) is 0 Å². The molecule has 3 heteroatoms. The summed E-state index contributed by atoms with van der Waals surface area (Å²) in [4.78, 5) is 13.6. The molecule has 0 unspecified atom stereocenters. The fourth-order valence-corrected chi connectivity index (χ4v) is 2.24. The number of hydrogen-bond donors (Lipinski definition) is 0. The molecule has 0 radical (unpaired) electrons. The molecule has 0 bridgehead atoms. The number of ketones is 1. The summed E-state index contributed by atoms with van der Waals surface area (Å²) in [5.74, 6) is -0.646. The van der Waals surface area contributed by atoms with Gasteiger partial charge in [0.15, 0.2) is 5.78 Å². The van der Waals surface area contributed by atoms with Gasteiger partial charge in [-0.05, 0) is 32.4 Å². The smallest absolute Gasteiger partial charge is 0.164 e. The number of carbonyl (C=O) groups is 1. The van der Waals surface area contributed by atoms with Crippen molar-refractivity contribution >= 4 is 11.5 Å². The third-order valence-electron chi connectivity index (χ3n) is 3.02. The topological polar surface area (TPSA) is 20.3 Å². The number of Topliss-reactive ketones (excluding diaryl/α,β-unsaturated/α-hetero) is 1. The average molecular weight is 233 g/mol. The Labute approximate surface area is 101 Å². The SMILES string of the molecule is CC(=O)c1c(F)cccc1N1CCC=C(C)C1. The minimum atomic E-state index is -0.429. The van der Waals surface area contributed by atoms with Crippen molar-refractivity contribution in [2.24, 2.45) is 0 Å². The zero-order valence-corrected chi connectivity index (χ0v) is 10.2. The number of rotatable bonds is 2. The van der Waals surface area contributed by atoms with Crippen LogP contribution in [-0.2, 0) is 0 Å². The van der Waals surface area contributed by atoms with Gasteiger partial charge in [0.1, 0.15) is 5.82 Å². The van der Waals surface area contributed by atoms with Crippen LogP contribution >= 0.6 is 0 Å². The largest absolute Gasteiger partial charge is 0.367 e. The van der Waals surface area contributed by atoms with Crippen molar-refractivity contribution in [1.82, 2.24) is 0 Å². The molecule has 17 heavy (non-hydrogen) atoms. The quantitative estimate of drug-likeness (QED) is 0.577. The lowest BCUT2D eigenvalue weighted by Crippen LogP contribution is -2.30. The standard InChI is InChI=1S/C14H16FNO/c1-10-5-4-8-16(9-10)13-7-3-6-12(15)14(13)11(2)17/h3,5-7H,4,8-9H2,1-2H3. The molecule has 90 valence electrons. The third kappa shape index (κ3) is 2.38. The van der Waals surface area contributed by atoms with Crippen LogP contribution in [0.3, 0.4) is 0 Å². The number of halogens is 1. The highest BCUT2D eigenvalue weighted by atomic mass is 19.1. The Balaban J connectivity index is 2.42. The highest BCUT2D eigenvalue weighted by molar-refractivity contribution is 6.00. The highest BCUT2D eigenvalue weighted by Gasteiger charge is 2.19. The van der Waals surface area contributed by atoms with E-state index in [4.69, 9.17) is 0 Å². The maximum Gasteiger partial charge on any atom is 0.164 e. The molecule has 0 aromatic heterocycles. The number of benzene rings is 1. The van der Waals surface area contributed by atoms with Gasteiger partial charge in [0.05, 0.1) is 11.3 Å². The van der Waals surface area contributed by atoms with Crippen LogP contribution in [-0.4, -0.2) is 18.9 Å². The Hall–Kier alpha value is -1.64. The van der Waals surface area contributed by atoms with E-state index in [-0.39, 0.29) is 11.3 Å². The van der Waals surface area contributed by atoms with Crippen molar-refractivity contribution in [3.8, 4) is 0 Å². The summed E-state index contributed by atoms with van der Waals surface area (Å²) in [5.41, 5.74) is 2.18. The van der Waals surface area contributed by atoms with E-state index in [9.17, 15) is 9.18 Å². The summed E-state index contributed by atoms with van der Waals surface area (Å²) in [6, 6.07) is 4.82. The summed E-state index contributed by atoms with van der Waals surface area (Å²) >= 11 is 0. The molecule has 2 nitrogen and oxygen atoms in total. The normalized spacial score (nSPS) is 15.7. The molecule has 0 aliphatic carbocycles. The van der Waals surface area contributed by atoms with E-state index >= 15 is 0 Å². The van der Waals surface area contributed by atoms with Gasteiger partial charge in [0, 0.05) is 13.1 Å². The zero-order chi connectivity index (χ0) is 12.4. The van der Waals surface area contributed by atoms with Crippen LogP contribution in [0.15, 0.2) is 29.8 Å². The maximum absolute atomic E-state index is 13.7. The van der Waals surface area contributed by atoms with Crippen LogP contribution in [0.25, 0.3) is 0 Å². The van der Waals surface area contributed by atoms with Crippen molar-refractivity contribution in [3.05, 3.63) is 41.2 Å². The van der Waals surface area contributed by atoms with Crippen LogP contribution in [0.4, 0.5) is 10.1 Å². The Morgan fingerprint density at radius 1 is 1.41 bits per heavy atom. The molecule has 0 fully saturated rings. The monoisotopic (exact) mass is 233 g/mol. The second-order valence-corrected chi connectivity index (χ2v) is 4.45. The lowest BCUT2D eigenvalue weighted by molar-refractivity contribution is 0.101. The number of carbonyl (C=O) groups excluding carboxylic acids is 1. The molecule has 1 aliphatic heterocycles. The first-order valence-electron chi connectivity index (χ1n) is 5.79. The zero-order valence-electron chi connectivity index (χ0n) is 10.2. The van der Waals surface area contributed by atoms with Gasteiger partial charge in [-0.15, -0.1) is 0 Å². The third-order valence-corrected chi connectivity index (χ3v) is 3.02. The maximum atomic E-state index is 13.7. The summed E-state index contributed by atoms with van der Waals surface area (Å²) in [7, 11) is 0. The van der Waals surface area contributed by atoms with Gasteiger partial charge in [0.2, 0.25) is 0 Å². The second kappa shape index (κ2) is 4.70. The van der Waals surface area contributed by atoms with E-state index in [2.05, 4.69) is 17.9 Å².